The first-order chi connectivity index (χ1) is 12.8. The van der Waals surface area contributed by atoms with Gasteiger partial charge in [-0.2, -0.15) is 0 Å². The van der Waals surface area contributed by atoms with Crippen molar-refractivity contribution >= 4 is 23.4 Å². The molecule has 2 aromatic carbocycles. The van der Waals surface area contributed by atoms with Crippen LogP contribution in [0.25, 0.3) is 0 Å². The van der Waals surface area contributed by atoms with Gasteiger partial charge in [-0.15, -0.1) is 0 Å². The average Bonchev–Trinajstić information content (AvgIpc) is 2.65. The van der Waals surface area contributed by atoms with Crippen molar-refractivity contribution in [2.45, 2.75) is 25.7 Å². The van der Waals surface area contributed by atoms with Gasteiger partial charge >= 0.3 is 11.9 Å². The van der Waals surface area contributed by atoms with Gasteiger partial charge in [0.1, 0.15) is 0 Å². The van der Waals surface area contributed by atoms with Gasteiger partial charge in [-0.05, 0) is 25.0 Å². The molecule has 0 spiro atoms. The second kappa shape index (κ2) is 11.1. The van der Waals surface area contributed by atoms with Crippen LogP contribution in [0.5, 0.6) is 0 Å². The van der Waals surface area contributed by atoms with E-state index < -0.39 is 16.9 Å². The summed E-state index contributed by atoms with van der Waals surface area (Å²) in [7, 11) is 0. The summed E-state index contributed by atoms with van der Waals surface area (Å²) >= 11 is 0. The lowest BCUT2D eigenvalue weighted by Crippen LogP contribution is -2.00. The molecule has 0 aromatic heterocycles. The molecular weight excluding hydrogens is 354 g/mol. The molecule has 0 bridgehead atoms. The zero-order valence-corrected chi connectivity index (χ0v) is 14.4. The van der Waals surface area contributed by atoms with Crippen LogP contribution in [0.1, 0.15) is 41.6 Å². The van der Waals surface area contributed by atoms with Crippen LogP contribution in [0.3, 0.4) is 0 Å². The maximum Gasteiger partial charge on any atom is 0.303 e. The number of unbranched alkanes of at least 4 members (excludes halogenated alkanes) is 1. The van der Waals surface area contributed by atoms with Crippen LogP contribution >= 0.6 is 0 Å². The molecule has 0 atom stereocenters. The van der Waals surface area contributed by atoms with Gasteiger partial charge in [0.2, 0.25) is 0 Å². The number of rotatable bonds is 8. The second-order valence-corrected chi connectivity index (χ2v) is 5.49. The Hall–Kier alpha value is -3.55. The lowest BCUT2D eigenvalue weighted by atomic mass is 10.0. The molecule has 27 heavy (non-hydrogen) atoms. The van der Waals surface area contributed by atoms with Crippen LogP contribution in [-0.2, 0) is 9.59 Å². The standard InChI is InChI=1S/C13H9NO3.C6H10O4/c15-13(10-4-2-1-3-5-10)11-6-8-12(9-7-11)14(16)17;7-5(8)3-1-2-4-6(9)10/h1-9H;1-4H2,(H,7,8)(H,9,10). The molecule has 142 valence electrons. The molecule has 0 saturated carbocycles. The van der Waals surface area contributed by atoms with Crippen LogP contribution in [0.4, 0.5) is 5.69 Å². The summed E-state index contributed by atoms with van der Waals surface area (Å²) < 4.78 is 0. The monoisotopic (exact) mass is 373 g/mol. The first-order valence-electron chi connectivity index (χ1n) is 8.09. The van der Waals surface area contributed by atoms with E-state index in [1.54, 1.807) is 24.3 Å². The summed E-state index contributed by atoms with van der Waals surface area (Å²) in [4.78, 5) is 41.7. The summed E-state index contributed by atoms with van der Waals surface area (Å²) in [5, 5.41) is 26.7. The van der Waals surface area contributed by atoms with E-state index in [4.69, 9.17) is 10.2 Å². The molecule has 0 heterocycles. The number of non-ortho nitro benzene ring substituents is 1. The lowest BCUT2D eigenvalue weighted by molar-refractivity contribution is -0.384. The van der Waals surface area contributed by atoms with E-state index in [1.165, 1.54) is 24.3 Å². The van der Waals surface area contributed by atoms with Crippen LogP contribution < -0.4 is 0 Å². The van der Waals surface area contributed by atoms with Gasteiger partial charge in [0.15, 0.2) is 5.78 Å². The van der Waals surface area contributed by atoms with Gasteiger partial charge in [0.05, 0.1) is 4.92 Å². The van der Waals surface area contributed by atoms with Crippen LogP contribution in [-0.4, -0.2) is 32.9 Å². The van der Waals surface area contributed by atoms with Crippen LogP contribution in [0.2, 0.25) is 0 Å². The highest BCUT2D eigenvalue weighted by atomic mass is 16.6. The highest BCUT2D eigenvalue weighted by Crippen LogP contribution is 2.15. The van der Waals surface area contributed by atoms with E-state index in [-0.39, 0.29) is 24.3 Å². The van der Waals surface area contributed by atoms with Crippen LogP contribution in [0.15, 0.2) is 54.6 Å². The number of nitro benzene ring substituents is 1. The molecule has 0 saturated heterocycles. The van der Waals surface area contributed by atoms with Gasteiger partial charge in [-0.3, -0.25) is 24.5 Å². The highest BCUT2D eigenvalue weighted by molar-refractivity contribution is 6.09. The minimum atomic E-state index is -0.870. The number of carboxylic acid groups (broad SMARTS) is 2. The largest absolute Gasteiger partial charge is 0.481 e. The van der Waals surface area contributed by atoms with E-state index >= 15 is 0 Å². The molecule has 2 N–H and O–H groups in total. The van der Waals surface area contributed by atoms with Gasteiger partial charge < -0.3 is 10.2 Å². The average molecular weight is 373 g/mol. The summed E-state index contributed by atoms with van der Waals surface area (Å²) in [6, 6.07) is 14.4. The first kappa shape index (κ1) is 21.5. The molecule has 0 aliphatic heterocycles. The number of hydrogen-bond acceptors (Lipinski definition) is 5. The number of aliphatic carboxylic acids is 2. The molecule has 0 fully saturated rings. The third kappa shape index (κ3) is 8.39. The highest BCUT2D eigenvalue weighted by Gasteiger charge is 2.10. The van der Waals surface area contributed by atoms with Crippen molar-refractivity contribution < 1.29 is 29.5 Å². The Kier molecular flexibility index (Phi) is 8.87. The summed E-state index contributed by atoms with van der Waals surface area (Å²) in [6.07, 6.45) is 1.02. The third-order valence-electron chi connectivity index (χ3n) is 3.41. The minimum absolute atomic E-state index is 0.0189. The fourth-order valence-electron chi connectivity index (χ4n) is 2.04. The third-order valence-corrected chi connectivity index (χ3v) is 3.41. The van der Waals surface area contributed by atoms with Crippen molar-refractivity contribution in [1.29, 1.82) is 0 Å². The van der Waals surface area contributed by atoms with Gasteiger partial charge in [0.25, 0.3) is 5.69 Å². The first-order valence-corrected chi connectivity index (χ1v) is 8.09. The molecule has 8 nitrogen and oxygen atoms in total. The van der Waals surface area contributed by atoms with Gasteiger partial charge in [-0.25, -0.2) is 0 Å². The summed E-state index contributed by atoms with van der Waals surface area (Å²) in [5.41, 5.74) is 0.998. The summed E-state index contributed by atoms with van der Waals surface area (Å²) in [6.45, 7) is 0. The topological polar surface area (TPSA) is 135 Å². The molecule has 0 aliphatic carbocycles. The molecule has 0 amide bonds. The quantitative estimate of drug-likeness (QED) is 0.313. The number of carbonyl (C=O) groups is 3. The van der Waals surface area contributed by atoms with Gasteiger partial charge in [-0.1, -0.05) is 30.3 Å². The minimum Gasteiger partial charge on any atom is -0.481 e. The number of carbonyl (C=O) groups excluding carboxylic acids is 1. The number of hydrogen-bond donors (Lipinski definition) is 2. The molecular formula is C19H19NO7. The number of nitro groups is 1. The normalized spacial score (nSPS) is 9.63. The van der Waals surface area contributed by atoms with Crippen molar-refractivity contribution in [1.82, 2.24) is 0 Å². The molecule has 0 aliphatic rings. The predicted octanol–water partition coefficient (Wildman–Crippen LogP) is 3.54. The molecule has 0 unspecified atom stereocenters. The number of ketones is 1. The zero-order chi connectivity index (χ0) is 20.2. The smallest absolute Gasteiger partial charge is 0.303 e. The lowest BCUT2D eigenvalue weighted by Gasteiger charge is -2.00. The molecule has 2 rings (SSSR count). The maximum atomic E-state index is 12.0. The predicted molar refractivity (Wildman–Crippen MR) is 96.7 cm³/mol. The van der Waals surface area contributed by atoms with E-state index in [9.17, 15) is 24.5 Å². The van der Waals surface area contributed by atoms with E-state index in [0.717, 1.165) is 0 Å². The Balaban J connectivity index is 0.000000314. The van der Waals surface area contributed by atoms with Crippen molar-refractivity contribution in [3.63, 3.8) is 0 Å². The zero-order valence-electron chi connectivity index (χ0n) is 14.4. The number of carboxylic acids is 2. The fraction of sp³-hybridized carbons (Fsp3) is 0.211. The second-order valence-electron chi connectivity index (χ2n) is 5.49. The Labute approximate surface area is 155 Å². The Morgan fingerprint density at radius 3 is 1.63 bits per heavy atom. The van der Waals surface area contributed by atoms with Crippen molar-refractivity contribution in [3.8, 4) is 0 Å². The fourth-order valence-corrected chi connectivity index (χ4v) is 2.04. The Morgan fingerprint density at radius 2 is 1.22 bits per heavy atom. The molecule has 2 aromatic rings. The Bertz CT molecular complexity index is 769. The molecule has 0 radical (unpaired) electrons. The van der Waals surface area contributed by atoms with Crippen molar-refractivity contribution in [3.05, 3.63) is 75.8 Å². The van der Waals surface area contributed by atoms with E-state index in [2.05, 4.69) is 0 Å². The van der Waals surface area contributed by atoms with E-state index in [0.29, 0.717) is 24.0 Å². The number of benzene rings is 2. The van der Waals surface area contributed by atoms with Crippen molar-refractivity contribution in [2.75, 3.05) is 0 Å². The van der Waals surface area contributed by atoms with Crippen molar-refractivity contribution in [2.24, 2.45) is 0 Å². The van der Waals surface area contributed by atoms with Gasteiger partial charge in [0, 0.05) is 36.1 Å². The maximum absolute atomic E-state index is 12.0. The molecule has 8 heteroatoms. The summed E-state index contributed by atoms with van der Waals surface area (Å²) in [5.74, 6) is -1.88. The number of nitrogens with zero attached hydrogens (tertiary/aromatic N) is 1. The SMILES string of the molecule is O=C(O)CCCCC(=O)O.O=C(c1ccccc1)c1ccc([N+](=O)[O-])cc1. The Morgan fingerprint density at radius 1 is 0.778 bits per heavy atom. The van der Waals surface area contributed by atoms with E-state index in [1.807, 2.05) is 6.07 Å². The van der Waals surface area contributed by atoms with Crippen LogP contribution in [0, 0.1) is 10.1 Å².